The van der Waals surface area contributed by atoms with Crippen LogP contribution in [0.5, 0.6) is 0 Å². The molecule has 1 aromatic heterocycles. The van der Waals surface area contributed by atoms with E-state index in [0.717, 1.165) is 16.5 Å². The largest absolute Gasteiger partial charge is 0.395 e. The molecular weight excluding hydrogens is 410 g/mol. The fourth-order valence-electron chi connectivity index (χ4n) is 3.72. The van der Waals surface area contributed by atoms with Gasteiger partial charge in [-0.25, -0.2) is 0 Å². The van der Waals surface area contributed by atoms with E-state index in [1.54, 1.807) is 36.4 Å². The van der Waals surface area contributed by atoms with Crippen LogP contribution in [0.2, 0.25) is 0 Å². The maximum atomic E-state index is 12.8. The van der Waals surface area contributed by atoms with Gasteiger partial charge in [-0.3, -0.25) is 19.8 Å². The molecule has 4 rings (SSSR count). The van der Waals surface area contributed by atoms with Crippen molar-refractivity contribution in [2.24, 2.45) is 0 Å². The number of aromatic nitrogens is 1. The lowest BCUT2D eigenvalue weighted by Gasteiger charge is -2.22. The fraction of sp³-hybridized carbons (Fsp3) is 0.217. The summed E-state index contributed by atoms with van der Waals surface area (Å²) in [5.74, 6) is -0.241. The SMILES string of the molecule is N=C1NCc2cc(NC(=O)CCC(=O)N(CCO)c3ccc4ccc(=O)[nH]c4c3)ccc21. The molecule has 9 nitrogen and oxygen atoms in total. The van der Waals surface area contributed by atoms with E-state index >= 15 is 0 Å². The summed E-state index contributed by atoms with van der Waals surface area (Å²) in [6.07, 6.45) is -0.0529. The summed E-state index contributed by atoms with van der Waals surface area (Å²) in [4.78, 5) is 40.9. The molecule has 1 aliphatic heterocycles. The maximum absolute atomic E-state index is 12.8. The number of amidine groups is 1. The van der Waals surface area contributed by atoms with E-state index in [9.17, 15) is 19.5 Å². The van der Waals surface area contributed by atoms with Gasteiger partial charge in [-0.05, 0) is 47.3 Å². The van der Waals surface area contributed by atoms with E-state index in [1.807, 2.05) is 6.07 Å². The number of aliphatic hydroxyl groups excluding tert-OH is 1. The standard InChI is InChI=1S/C23H23N5O4/c24-23-18-5-3-16(11-15(18)13-25-23)26-20(30)7-8-22(32)28(9-10-29)17-4-1-14-2-6-21(31)27-19(14)12-17/h1-6,11-12,29H,7-10,13H2,(H2,24,25)(H,26,30)(H,27,31). The molecule has 0 aliphatic carbocycles. The number of anilines is 2. The van der Waals surface area contributed by atoms with Crippen molar-refractivity contribution < 1.29 is 14.7 Å². The Bertz CT molecular complexity index is 1270. The Hall–Kier alpha value is -3.98. The number of benzene rings is 2. The van der Waals surface area contributed by atoms with Crippen LogP contribution >= 0.6 is 0 Å². The highest BCUT2D eigenvalue weighted by Gasteiger charge is 2.19. The van der Waals surface area contributed by atoms with Gasteiger partial charge in [0, 0.05) is 48.9 Å². The van der Waals surface area contributed by atoms with Crippen LogP contribution in [0.1, 0.15) is 24.0 Å². The Balaban J connectivity index is 1.41. The number of H-pyrrole nitrogens is 1. The first-order chi connectivity index (χ1) is 15.4. The normalized spacial score (nSPS) is 12.3. The van der Waals surface area contributed by atoms with Crippen molar-refractivity contribution in [2.45, 2.75) is 19.4 Å². The Morgan fingerprint density at radius 1 is 1.09 bits per heavy atom. The van der Waals surface area contributed by atoms with Crippen LogP contribution in [0, 0.1) is 5.41 Å². The number of hydrogen-bond acceptors (Lipinski definition) is 5. The molecule has 2 amide bonds. The van der Waals surface area contributed by atoms with E-state index in [2.05, 4.69) is 15.6 Å². The van der Waals surface area contributed by atoms with Gasteiger partial charge in [-0.2, -0.15) is 0 Å². The van der Waals surface area contributed by atoms with Crippen LogP contribution in [0.3, 0.4) is 0 Å². The van der Waals surface area contributed by atoms with Crippen molar-refractivity contribution in [2.75, 3.05) is 23.4 Å². The lowest BCUT2D eigenvalue weighted by molar-refractivity contribution is -0.122. The number of aromatic amines is 1. The molecule has 1 aliphatic rings. The minimum absolute atomic E-state index is 0.0175. The van der Waals surface area contributed by atoms with Crippen LogP contribution in [-0.2, 0) is 16.1 Å². The molecule has 2 aromatic carbocycles. The van der Waals surface area contributed by atoms with Gasteiger partial charge in [0.1, 0.15) is 5.84 Å². The Kier molecular flexibility index (Phi) is 6.00. The minimum Gasteiger partial charge on any atom is -0.395 e. The molecule has 0 saturated carbocycles. The number of nitrogens with zero attached hydrogens (tertiary/aromatic N) is 1. The van der Waals surface area contributed by atoms with Crippen molar-refractivity contribution in [3.63, 3.8) is 0 Å². The van der Waals surface area contributed by atoms with E-state index in [-0.39, 0.29) is 43.4 Å². The van der Waals surface area contributed by atoms with E-state index < -0.39 is 0 Å². The van der Waals surface area contributed by atoms with Gasteiger partial charge in [0.2, 0.25) is 17.4 Å². The molecule has 0 saturated heterocycles. The first-order valence-corrected chi connectivity index (χ1v) is 10.2. The molecule has 9 heteroatoms. The number of aliphatic hydroxyl groups is 1. The van der Waals surface area contributed by atoms with Gasteiger partial charge in [0.05, 0.1) is 12.1 Å². The molecule has 0 fully saturated rings. The first-order valence-electron chi connectivity index (χ1n) is 10.2. The van der Waals surface area contributed by atoms with Gasteiger partial charge < -0.3 is 25.6 Å². The molecule has 0 radical (unpaired) electrons. The van der Waals surface area contributed by atoms with Crippen LogP contribution < -0.4 is 21.1 Å². The van der Waals surface area contributed by atoms with Crippen LogP contribution in [0.4, 0.5) is 11.4 Å². The van der Waals surface area contributed by atoms with Crippen LogP contribution in [0.15, 0.2) is 53.3 Å². The third kappa shape index (κ3) is 4.52. The average molecular weight is 433 g/mol. The quantitative estimate of drug-likeness (QED) is 0.386. The molecular formula is C23H23N5O4. The number of carbonyl (C=O) groups excluding carboxylic acids is 2. The summed E-state index contributed by atoms with van der Waals surface area (Å²) in [5, 5.41) is 23.7. The molecule has 164 valence electrons. The number of nitrogens with one attached hydrogen (secondary N) is 4. The first kappa shape index (κ1) is 21.3. The highest BCUT2D eigenvalue weighted by Crippen LogP contribution is 2.22. The summed E-state index contributed by atoms with van der Waals surface area (Å²) in [6, 6.07) is 13.7. The molecule has 32 heavy (non-hydrogen) atoms. The molecule has 0 unspecified atom stereocenters. The van der Waals surface area contributed by atoms with Crippen molar-refractivity contribution in [1.82, 2.24) is 10.3 Å². The number of amides is 2. The second-order valence-electron chi connectivity index (χ2n) is 7.51. The lowest BCUT2D eigenvalue weighted by atomic mass is 10.1. The second kappa shape index (κ2) is 9.03. The van der Waals surface area contributed by atoms with E-state index in [0.29, 0.717) is 29.3 Å². The van der Waals surface area contributed by atoms with Crippen LogP contribution in [0.25, 0.3) is 10.9 Å². The zero-order valence-corrected chi connectivity index (χ0v) is 17.3. The van der Waals surface area contributed by atoms with Crippen molar-refractivity contribution >= 4 is 39.9 Å². The van der Waals surface area contributed by atoms with Gasteiger partial charge >= 0.3 is 0 Å². The third-order valence-electron chi connectivity index (χ3n) is 5.33. The van der Waals surface area contributed by atoms with Crippen molar-refractivity contribution in [3.8, 4) is 0 Å². The topological polar surface area (TPSA) is 138 Å². The summed E-state index contributed by atoms with van der Waals surface area (Å²) >= 11 is 0. The highest BCUT2D eigenvalue weighted by molar-refractivity contribution is 6.02. The molecule has 5 N–H and O–H groups in total. The molecule has 0 bridgehead atoms. The van der Waals surface area contributed by atoms with E-state index in [4.69, 9.17) is 5.41 Å². The number of pyridine rings is 1. The zero-order valence-electron chi connectivity index (χ0n) is 17.3. The summed E-state index contributed by atoms with van der Waals surface area (Å²) < 4.78 is 0. The zero-order chi connectivity index (χ0) is 22.7. The minimum atomic E-state index is -0.307. The fourth-order valence-corrected chi connectivity index (χ4v) is 3.72. The predicted molar refractivity (Wildman–Crippen MR) is 122 cm³/mol. The third-order valence-corrected chi connectivity index (χ3v) is 5.33. The maximum Gasteiger partial charge on any atom is 0.248 e. The van der Waals surface area contributed by atoms with Crippen LogP contribution in [-0.4, -0.2) is 40.9 Å². The van der Waals surface area contributed by atoms with Crippen molar-refractivity contribution in [3.05, 3.63) is 70.0 Å². The van der Waals surface area contributed by atoms with Crippen molar-refractivity contribution in [1.29, 1.82) is 5.41 Å². The summed E-state index contributed by atoms with van der Waals surface area (Å²) in [6.45, 7) is 0.385. The van der Waals surface area contributed by atoms with Gasteiger partial charge in [-0.1, -0.05) is 6.07 Å². The Morgan fingerprint density at radius 3 is 2.72 bits per heavy atom. The van der Waals surface area contributed by atoms with Gasteiger partial charge in [-0.15, -0.1) is 0 Å². The monoisotopic (exact) mass is 433 g/mol. The number of rotatable bonds is 7. The molecule has 0 spiro atoms. The van der Waals surface area contributed by atoms with Gasteiger partial charge in [0.25, 0.3) is 0 Å². The number of hydrogen-bond donors (Lipinski definition) is 5. The average Bonchev–Trinajstić information content (AvgIpc) is 3.15. The molecule has 3 aromatic rings. The lowest BCUT2D eigenvalue weighted by Crippen LogP contribution is -2.34. The Morgan fingerprint density at radius 2 is 1.91 bits per heavy atom. The summed E-state index contributed by atoms with van der Waals surface area (Å²) in [7, 11) is 0. The number of fused-ring (bicyclic) bond motifs is 2. The highest BCUT2D eigenvalue weighted by atomic mass is 16.3. The second-order valence-corrected chi connectivity index (χ2v) is 7.51. The van der Waals surface area contributed by atoms with Gasteiger partial charge in [0.15, 0.2) is 0 Å². The molecule has 0 atom stereocenters. The summed E-state index contributed by atoms with van der Waals surface area (Å²) in [5.41, 5.74) is 3.24. The number of carbonyl (C=O) groups is 2. The molecule has 2 heterocycles. The predicted octanol–water partition coefficient (Wildman–Crippen LogP) is 1.70. The Labute approximate surface area is 183 Å². The smallest absolute Gasteiger partial charge is 0.248 e. The van der Waals surface area contributed by atoms with E-state index in [1.165, 1.54) is 11.0 Å².